The van der Waals surface area contributed by atoms with E-state index in [9.17, 15) is 0 Å². The molecule has 0 saturated carbocycles. The van der Waals surface area contributed by atoms with Crippen molar-refractivity contribution in [3.63, 3.8) is 0 Å². The zero-order valence-electron chi connectivity index (χ0n) is 11.9. The highest BCUT2D eigenvalue weighted by molar-refractivity contribution is 9.10. The Balaban J connectivity index is 1.74. The quantitative estimate of drug-likeness (QED) is 0.891. The van der Waals surface area contributed by atoms with Crippen LogP contribution in [0.25, 0.3) is 0 Å². The van der Waals surface area contributed by atoms with Gasteiger partial charge in [-0.05, 0) is 60.6 Å². The van der Waals surface area contributed by atoms with Crippen LogP contribution < -0.4 is 5.32 Å². The van der Waals surface area contributed by atoms with Gasteiger partial charge in [-0.1, -0.05) is 0 Å². The lowest BCUT2D eigenvalue weighted by Crippen LogP contribution is -2.46. The van der Waals surface area contributed by atoms with Crippen molar-refractivity contribution in [2.75, 3.05) is 26.9 Å². The van der Waals surface area contributed by atoms with Gasteiger partial charge in [-0.15, -0.1) is 11.3 Å². The first-order valence-corrected chi connectivity index (χ1v) is 9.03. The fraction of sp³-hybridized carbons (Fsp3) is 0.733. The maximum Gasteiger partial charge on any atom is 0.0729 e. The van der Waals surface area contributed by atoms with Crippen LogP contribution in [-0.2, 0) is 9.47 Å². The zero-order chi connectivity index (χ0) is 14.0. The molecule has 0 bridgehead atoms. The number of thiophene rings is 1. The second kappa shape index (κ2) is 6.44. The summed E-state index contributed by atoms with van der Waals surface area (Å²) in [5, 5.41) is 5.70. The van der Waals surface area contributed by atoms with E-state index in [1.54, 1.807) is 0 Å². The minimum absolute atomic E-state index is 0.0742. The summed E-state index contributed by atoms with van der Waals surface area (Å²) in [6, 6.07) is 2.69. The molecule has 2 aliphatic rings. The molecule has 1 N–H and O–H groups in total. The summed E-state index contributed by atoms with van der Waals surface area (Å²) in [4.78, 5) is 1.42. The highest BCUT2D eigenvalue weighted by atomic mass is 79.9. The van der Waals surface area contributed by atoms with E-state index >= 15 is 0 Å². The molecule has 3 nitrogen and oxygen atoms in total. The van der Waals surface area contributed by atoms with E-state index in [0.29, 0.717) is 12.0 Å². The minimum atomic E-state index is 0.0742. The van der Waals surface area contributed by atoms with Gasteiger partial charge >= 0.3 is 0 Å². The van der Waals surface area contributed by atoms with E-state index in [-0.39, 0.29) is 5.60 Å². The predicted octanol–water partition coefficient (Wildman–Crippen LogP) is 3.75. The Morgan fingerprint density at radius 3 is 2.85 bits per heavy atom. The van der Waals surface area contributed by atoms with Gasteiger partial charge in [0.25, 0.3) is 0 Å². The molecule has 2 unspecified atom stereocenters. The van der Waals surface area contributed by atoms with Gasteiger partial charge in [0, 0.05) is 40.6 Å². The molecule has 2 aliphatic heterocycles. The van der Waals surface area contributed by atoms with Crippen molar-refractivity contribution < 1.29 is 9.47 Å². The SMILES string of the molecule is CNC(c1cc(Br)cs1)C1CCOC2(CCOCC2)C1. The number of ether oxygens (including phenoxy) is 2. The molecular formula is C15H22BrNO2S. The molecule has 2 saturated heterocycles. The molecule has 20 heavy (non-hydrogen) atoms. The monoisotopic (exact) mass is 359 g/mol. The fourth-order valence-corrected chi connectivity index (χ4v) is 5.19. The third-order valence-electron chi connectivity index (χ3n) is 4.61. The topological polar surface area (TPSA) is 30.5 Å². The number of nitrogens with one attached hydrogen (secondary N) is 1. The first-order chi connectivity index (χ1) is 9.72. The van der Waals surface area contributed by atoms with Gasteiger partial charge in [0.2, 0.25) is 0 Å². The molecule has 1 spiro atoms. The lowest BCUT2D eigenvalue weighted by Gasteiger charge is -2.45. The van der Waals surface area contributed by atoms with Crippen molar-refractivity contribution in [3.05, 3.63) is 20.8 Å². The van der Waals surface area contributed by atoms with Gasteiger partial charge in [-0.2, -0.15) is 0 Å². The molecule has 3 rings (SSSR count). The van der Waals surface area contributed by atoms with Gasteiger partial charge < -0.3 is 14.8 Å². The maximum absolute atomic E-state index is 6.16. The second-order valence-corrected chi connectivity index (χ2v) is 7.69. The van der Waals surface area contributed by atoms with Crippen molar-refractivity contribution in [1.82, 2.24) is 5.32 Å². The average Bonchev–Trinajstić information content (AvgIpc) is 2.87. The van der Waals surface area contributed by atoms with E-state index in [0.717, 1.165) is 45.5 Å². The third kappa shape index (κ3) is 3.12. The molecule has 0 radical (unpaired) electrons. The predicted molar refractivity (Wildman–Crippen MR) is 85.3 cm³/mol. The Bertz CT molecular complexity index is 439. The van der Waals surface area contributed by atoms with Gasteiger partial charge in [-0.25, -0.2) is 0 Å². The first-order valence-electron chi connectivity index (χ1n) is 7.35. The molecule has 1 aromatic rings. The summed E-state index contributed by atoms with van der Waals surface area (Å²) in [6.45, 7) is 2.58. The van der Waals surface area contributed by atoms with Crippen molar-refractivity contribution in [2.24, 2.45) is 5.92 Å². The number of halogens is 1. The van der Waals surface area contributed by atoms with Crippen molar-refractivity contribution in [2.45, 2.75) is 37.3 Å². The van der Waals surface area contributed by atoms with Crippen LogP contribution in [0.5, 0.6) is 0 Å². The van der Waals surface area contributed by atoms with Crippen LogP contribution in [0.15, 0.2) is 15.9 Å². The summed E-state index contributed by atoms with van der Waals surface area (Å²) >= 11 is 5.40. The van der Waals surface area contributed by atoms with Gasteiger partial charge in [0.05, 0.1) is 5.60 Å². The molecule has 2 fully saturated rings. The van der Waals surface area contributed by atoms with E-state index in [4.69, 9.17) is 9.47 Å². The standard InChI is InChI=1S/C15H22BrNO2S/c1-17-14(13-8-12(16)10-20-13)11-2-5-19-15(9-11)3-6-18-7-4-15/h8,10-11,14,17H,2-7,9H2,1H3. The molecule has 0 amide bonds. The Hall–Kier alpha value is 0.0600. The fourth-order valence-electron chi connectivity index (χ4n) is 3.54. The number of rotatable bonds is 3. The van der Waals surface area contributed by atoms with E-state index in [2.05, 4.69) is 39.7 Å². The molecule has 5 heteroatoms. The smallest absolute Gasteiger partial charge is 0.0729 e. The zero-order valence-corrected chi connectivity index (χ0v) is 14.3. The third-order valence-corrected chi connectivity index (χ3v) is 6.39. The van der Waals surface area contributed by atoms with Crippen LogP contribution >= 0.6 is 27.3 Å². The van der Waals surface area contributed by atoms with E-state index in [1.165, 1.54) is 9.35 Å². The summed E-state index contributed by atoms with van der Waals surface area (Å²) in [7, 11) is 2.07. The molecular weight excluding hydrogens is 338 g/mol. The highest BCUT2D eigenvalue weighted by Gasteiger charge is 2.41. The lowest BCUT2D eigenvalue weighted by atomic mass is 9.77. The maximum atomic E-state index is 6.16. The largest absolute Gasteiger partial charge is 0.381 e. The minimum Gasteiger partial charge on any atom is -0.381 e. The normalized spacial score (nSPS) is 27.6. The van der Waals surface area contributed by atoms with Crippen LogP contribution in [0, 0.1) is 5.92 Å². The Labute approximate surface area is 133 Å². The van der Waals surface area contributed by atoms with E-state index in [1.807, 2.05) is 11.3 Å². The Morgan fingerprint density at radius 2 is 2.20 bits per heavy atom. The van der Waals surface area contributed by atoms with Crippen molar-refractivity contribution in [3.8, 4) is 0 Å². The molecule has 0 aromatic carbocycles. The molecule has 1 aromatic heterocycles. The van der Waals surface area contributed by atoms with Gasteiger partial charge in [-0.3, -0.25) is 0 Å². The van der Waals surface area contributed by atoms with Crippen LogP contribution in [0.1, 0.15) is 36.6 Å². The molecule has 2 atom stereocenters. The summed E-state index contributed by atoms with van der Waals surface area (Å²) in [5.74, 6) is 0.650. The average molecular weight is 360 g/mol. The Kier molecular flexibility index (Phi) is 4.82. The lowest BCUT2D eigenvalue weighted by molar-refractivity contribution is -0.150. The van der Waals surface area contributed by atoms with Crippen LogP contribution in [0.3, 0.4) is 0 Å². The highest BCUT2D eigenvalue weighted by Crippen LogP contribution is 2.43. The summed E-state index contributed by atoms with van der Waals surface area (Å²) in [6.07, 6.45) is 4.39. The number of hydrogen-bond donors (Lipinski definition) is 1. The summed E-state index contributed by atoms with van der Waals surface area (Å²) in [5.41, 5.74) is 0.0742. The van der Waals surface area contributed by atoms with Crippen LogP contribution in [0.2, 0.25) is 0 Å². The molecule has 3 heterocycles. The molecule has 112 valence electrons. The van der Waals surface area contributed by atoms with E-state index < -0.39 is 0 Å². The summed E-state index contributed by atoms with van der Waals surface area (Å²) < 4.78 is 12.9. The number of hydrogen-bond acceptors (Lipinski definition) is 4. The molecule has 0 aliphatic carbocycles. The van der Waals surface area contributed by atoms with Gasteiger partial charge in [0.15, 0.2) is 0 Å². The van der Waals surface area contributed by atoms with Crippen molar-refractivity contribution >= 4 is 27.3 Å². The second-order valence-electron chi connectivity index (χ2n) is 5.83. The first kappa shape index (κ1) is 15.0. The Morgan fingerprint density at radius 1 is 1.40 bits per heavy atom. The van der Waals surface area contributed by atoms with Gasteiger partial charge in [0.1, 0.15) is 0 Å². The van der Waals surface area contributed by atoms with Crippen LogP contribution in [0.4, 0.5) is 0 Å². The van der Waals surface area contributed by atoms with Crippen molar-refractivity contribution in [1.29, 1.82) is 0 Å². The van der Waals surface area contributed by atoms with Crippen LogP contribution in [-0.4, -0.2) is 32.5 Å².